The third-order valence-corrected chi connectivity index (χ3v) is 3.92. The molecule has 3 rings (SSSR count). The van der Waals surface area contributed by atoms with Crippen molar-refractivity contribution in [3.8, 4) is 5.75 Å². The number of aryl methyl sites for hydroxylation is 1. The molecule has 0 fully saturated rings. The summed E-state index contributed by atoms with van der Waals surface area (Å²) in [6, 6.07) is 23.4. The molecule has 0 aliphatic carbocycles. The number of para-hydroxylation sites is 1. The molecule has 0 bridgehead atoms. The first kappa shape index (κ1) is 17.4. The standard InChI is InChI=1S/C22H19NO3/c1-16-7-5-6-10-20(16)26-15-21(24)23-19-13-11-18(12-14-19)22(25)17-8-3-2-4-9-17/h2-14H,15H2,1H3,(H,23,24). The quantitative estimate of drug-likeness (QED) is 0.680. The summed E-state index contributed by atoms with van der Waals surface area (Å²) in [5.74, 6) is 0.383. The molecule has 130 valence electrons. The van der Waals surface area contributed by atoms with E-state index < -0.39 is 0 Å². The van der Waals surface area contributed by atoms with Crippen molar-refractivity contribution in [1.82, 2.24) is 0 Å². The molecule has 0 aliphatic heterocycles. The first-order valence-corrected chi connectivity index (χ1v) is 8.31. The van der Waals surface area contributed by atoms with E-state index in [1.54, 1.807) is 36.4 Å². The fourth-order valence-corrected chi connectivity index (χ4v) is 2.52. The molecule has 0 radical (unpaired) electrons. The molecular formula is C22H19NO3. The van der Waals surface area contributed by atoms with Crippen molar-refractivity contribution in [2.24, 2.45) is 0 Å². The van der Waals surface area contributed by atoms with Crippen LogP contribution in [0.4, 0.5) is 5.69 Å². The van der Waals surface area contributed by atoms with Crippen LogP contribution in [0.1, 0.15) is 21.5 Å². The second-order valence-corrected chi connectivity index (χ2v) is 5.87. The van der Waals surface area contributed by atoms with Crippen LogP contribution in [-0.4, -0.2) is 18.3 Å². The Hall–Kier alpha value is -3.40. The van der Waals surface area contributed by atoms with Crippen LogP contribution >= 0.6 is 0 Å². The second-order valence-electron chi connectivity index (χ2n) is 5.87. The number of hydrogen-bond acceptors (Lipinski definition) is 3. The van der Waals surface area contributed by atoms with Gasteiger partial charge in [-0.05, 0) is 42.8 Å². The zero-order chi connectivity index (χ0) is 18.4. The van der Waals surface area contributed by atoms with Gasteiger partial charge in [-0.3, -0.25) is 9.59 Å². The molecule has 4 heteroatoms. The normalized spacial score (nSPS) is 10.2. The second kappa shape index (κ2) is 8.12. The van der Waals surface area contributed by atoms with Crippen molar-refractivity contribution in [2.75, 3.05) is 11.9 Å². The summed E-state index contributed by atoms with van der Waals surface area (Å²) in [5, 5.41) is 2.76. The highest BCUT2D eigenvalue weighted by Gasteiger charge is 2.09. The predicted molar refractivity (Wildman–Crippen MR) is 102 cm³/mol. The van der Waals surface area contributed by atoms with Crippen LogP contribution in [-0.2, 0) is 4.79 Å². The van der Waals surface area contributed by atoms with E-state index in [2.05, 4.69) is 5.32 Å². The van der Waals surface area contributed by atoms with Gasteiger partial charge in [-0.1, -0.05) is 48.5 Å². The van der Waals surface area contributed by atoms with Gasteiger partial charge in [-0.15, -0.1) is 0 Å². The first-order valence-electron chi connectivity index (χ1n) is 8.31. The maximum absolute atomic E-state index is 12.4. The third-order valence-electron chi connectivity index (χ3n) is 3.92. The van der Waals surface area contributed by atoms with Gasteiger partial charge < -0.3 is 10.1 Å². The fourth-order valence-electron chi connectivity index (χ4n) is 2.52. The predicted octanol–water partition coefficient (Wildman–Crippen LogP) is 4.24. The molecule has 0 unspecified atom stereocenters. The van der Waals surface area contributed by atoms with Gasteiger partial charge in [0, 0.05) is 16.8 Å². The van der Waals surface area contributed by atoms with Gasteiger partial charge in [0.15, 0.2) is 12.4 Å². The van der Waals surface area contributed by atoms with Crippen LogP contribution < -0.4 is 10.1 Å². The monoisotopic (exact) mass is 345 g/mol. The summed E-state index contributed by atoms with van der Waals surface area (Å²) in [6.07, 6.45) is 0. The Morgan fingerprint density at radius 2 is 1.42 bits per heavy atom. The first-order chi connectivity index (χ1) is 12.6. The number of rotatable bonds is 6. The van der Waals surface area contributed by atoms with E-state index in [-0.39, 0.29) is 18.3 Å². The number of ketones is 1. The van der Waals surface area contributed by atoms with Crippen molar-refractivity contribution in [2.45, 2.75) is 6.92 Å². The molecule has 1 N–H and O–H groups in total. The molecular weight excluding hydrogens is 326 g/mol. The summed E-state index contributed by atoms with van der Waals surface area (Å²) in [4.78, 5) is 24.4. The van der Waals surface area contributed by atoms with Gasteiger partial charge in [0.25, 0.3) is 5.91 Å². The Labute approximate surface area is 152 Å². The van der Waals surface area contributed by atoms with Crippen LogP contribution in [0.25, 0.3) is 0 Å². The molecule has 0 aromatic heterocycles. The van der Waals surface area contributed by atoms with Gasteiger partial charge in [-0.25, -0.2) is 0 Å². The average Bonchev–Trinajstić information content (AvgIpc) is 2.68. The lowest BCUT2D eigenvalue weighted by Gasteiger charge is -2.09. The van der Waals surface area contributed by atoms with E-state index in [0.717, 1.165) is 5.56 Å². The Bertz CT molecular complexity index is 902. The van der Waals surface area contributed by atoms with Crippen LogP contribution in [0.5, 0.6) is 5.75 Å². The highest BCUT2D eigenvalue weighted by atomic mass is 16.5. The Kier molecular flexibility index (Phi) is 5.44. The molecule has 0 heterocycles. The largest absolute Gasteiger partial charge is 0.483 e. The van der Waals surface area contributed by atoms with Crippen molar-refractivity contribution in [3.63, 3.8) is 0 Å². The van der Waals surface area contributed by atoms with Gasteiger partial charge in [-0.2, -0.15) is 0 Å². The Balaban J connectivity index is 1.58. The van der Waals surface area contributed by atoms with E-state index in [9.17, 15) is 9.59 Å². The van der Waals surface area contributed by atoms with Crippen molar-refractivity contribution in [3.05, 3.63) is 95.6 Å². The van der Waals surface area contributed by atoms with Crippen molar-refractivity contribution in [1.29, 1.82) is 0 Å². The van der Waals surface area contributed by atoms with Gasteiger partial charge in [0.2, 0.25) is 0 Å². The Morgan fingerprint density at radius 1 is 0.808 bits per heavy atom. The minimum absolute atomic E-state index is 0.0497. The summed E-state index contributed by atoms with van der Waals surface area (Å²) in [6.45, 7) is 1.85. The zero-order valence-corrected chi connectivity index (χ0v) is 14.4. The van der Waals surface area contributed by atoms with Crippen LogP contribution in [0.15, 0.2) is 78.9 Å². The molecule has 0 saturated carbocycles. The lowest BCUT2D eigenvalue weighted by atomic mass is 10.0. The summed E-state index contributed by atoms with van der Waals surface area (Å²) in [5.41, 5.74) is 2.80. The maximum Gasteiger partial charge on any atom is 0.262 e. The number of nitrogens with one attached hydrogen (secondary N) is 1. The lowest BCUT2D eigenvalue weighted by Crippen LogP contribution is -2.20. The number of amides is 1. The van der Waals surface area contributed by atoms with Gasteiger partial charge >= 0.3 is 0 Å². The molecule has 3 aromatic rings. The molecule has 0 atom stereocenters. The summed E-state index contributed by atoms with van der Waals surface area (Å²) < 4.78 is 5.52. The van der Waals surface area contributed by atoms with E-state index in [0.29, 0.717) is 22.6 Å². The number of ether oxygens (including phenoxy) is 1. The number of carbonyl (C=O) groups is 2. The minimum Gasteiger partial charge on any atom is -0.483 e. The average molecular weight is 345 g/mol. The minimum atomic E-state index is -0.254. The van der Waals surface area contributed by atoms with Crippen LogP contribution in [0.2, 0.25) is 0 Å². The third kappa shape index (κ3) is 4.36. The topological polar surface area (TPSA) is 55.4 Å². The fraction of sp³-hybridized carbons (Fsp3) is 0.0909. The van der Waals surface area contributed by atoms with Crippen LogP contribution in [0, 0.1) is 6.92 Å². The molecule has 4 nitrogen and oxygen atoms in total. The van der Waals surface area contributed by atoms with E-state index >= 15 is 0 Å². The van der Waals surface area contributed by atoms with E-state index in [1.807, 2.05) is 49.4 Å². The molecule has 0 saturated heterocycles. The lowest BCUT2D eigenvalue weighted by molar-refractivity contribution is -0.118. The summed E-state index contributed by atoms with van der Waals surface area (Å²) >= 11 is 0. The highest BCUT2D eigenvalue weighted by molar-refractivity contribution is 6.09. The number of benzene rings is 3. The van der Waals surface area contributed by atoms with Crippen molar-refractivity contribution >= 4 is 17.4 Å². The summed E-state index contributed by atoms with van der Waals surface area (Å²) in [7, 11) is 0. The van der Waals surface area contributed by atoms with E-state index in [1.165, 1.54) is 0 Å². The Morgan fingerprint density at radius 3 is 2.12 bits per heavy atom. The molecule has 0 aliphatic rings. The molecule has 3 aromatic carbocycles. The number of hydrogen-bond donors (Lipinski definition) is 1. The molecule has 26 heavy (non-hydrogen) atoms. The van der Waals surface area contributed by atoms with E-state index in [4.69, 9.17) is 4.74 Å². The molecule has 0 spiro atoms. The zero-order valence-electron chi connectivity index (χ0n) is 14.4. The maximum atomic E-state index is 12.4. The molecule has 1 amide bonds. The smallest absolute Gasteiger partial charge is 0.262 e. The van der Waals surface area contributed by atoms with Crippen LogP contribution in [0.3, 0.4) is 0 Å². The van der Waals surface area contributed by atoms with Gasteiger partial charge in [0.05, 0.1) is 0 Å². The highest BCUT2D eigenvalue weighted by Crippen LogP contribution is 2.17. The SMILES string of the molecule is Cc1ccccc1OCC(=O)Nc1ccc(C(=O)c2ccccc2)cc1. The number of carbonyl (C=O) groups excluding carboxylic acids is 2. The number of anilines is 1. The van der Waals surface area contributed by atoms with Crippen molar-refractivity contribution < 1.29 is 14.3 Å². The van der Waals surface area contributed by atoms with Gasteiger partial charge in [0.1, 0.15) is 5.75 Å².